The molecule has 1 saturated heterocycles. The van der Waals surface area contributed by atoms with Crippen molar-refractivity contribution < 1.29 is 27.5 Å². The van der Waals surface area contributed by atoms with Crippen LogP contribution in [0.1, 0.15) is 24.2 Å². The van der Waals surface area contributed by atoms with Crippen molar-refractivity contribution in [2.24, 2.45) is 5.14 Å². The van der Waals surface area contributed by atoms with E-state index in [-0.39, 0.29) is 33.6 Å². The highest BCUT2D eigenvalue weighted by Crippen LogP contribution is 2.22. The summed E-state index contributed by atoms with van der Waals surface area (Å²) in [6, 6.07) is 3.54. The number of nitrogens with zero attached hydrogens (tertiary/aromatic N) is 1. The SMILES string of the molecule is C[C@@H]1CN(C(=O)COC(=O)c2ccc(Cl)c(S(N)(=O)=O)c2)C[C@H](C)O1. The highest BCUT2D eigenvalue weighted by atomic mass is 35.5. The van der Waals surface area contributed by atoms with Gasteiger partial charge in [0, 0.05) is 13.1 Å². The number of amides is 1. The second-order valence-electron chi connectivity index (χ2n) is 5.82. The van der Waals surface area contributed by atoms with Crippen LogP contribution in [0.4, 0.5) is 0 Å². The van der Waals surface area contributed by atoms with Gasteiger partial charge in [-0.15, -0.1) is 0 Å². The highest BCUT2D eigenvalue weighted by Gasteiger charge is 2.26. The molecule has 0 bridgehead atoms. The molecule has 0 unspecified atom stereocenters. The number of carbonyl (C=O) groups excluding carboxylic acids is 2. The average Bonchev–Trinajstić information content (AvgIpc) is 2.50. The molecular weight excluding hydrogens is 372 g/mol. The van der Waals surface area contributed by atoms with Crippen LogP contribution in [0.25, 0.3) is 0 Å². The molecule has 1 aromatic rings. The Hall–Kier alpha value is -1.68. The molecule has 1 amide bonds. The van der Waals surface area contributed by atoms with Crippen LogP contribution in [0, 0.1) is 0 Å². The molecule has 0 saturated carbocycles. The van der Waals surface area contributed by atoms with Crippen molar-refractivity contribution in [3.8, 4) is 0 Å². The number of halogens is 1. The van der Waals surface area contributed by atoms with Gasteiger partial charge in [-0.2, -0.15) is 0 Å². The molecule has 2 N–H and O–H groups in total. The van der Waals surface area contributed by atoms with Gasteiger partial charge >= 0.3 is 5.97 Å². The van der Waals surface area contributed by atoms with E-state index in [0.717, 1.165) is 6.07 Å². The maximum absolute atomic E-state index is 12.2. The zero-order chi connectivity index (χ0) is 18.8. The van der Waals surface area contributed by atoms with Crippen LogP contribution in [0.15, 0.2) is 23.1 Å². The first-order valence-electron chi connectivity index (χ1n) is 7.50. The molecule has 1 heterocycles. The molecule has 1 aromatic carbocycles. The van der Waals surface area contributed by atoms with E-state index in [1.807, 2.05) is 13.8 Å². The summed E-state index contributed by atoms with van der Waals surface area (Å²) in [5.74, 6) is -1.19. The number of primary sulfonamides is 1. The molecule has 25 heavy (non-hydrogen) atoms. The fourth-order valence-electron chi connectivity index (χ4n) is 2.53. The van der Waals surface area contributed by atoms with E-state index in [2.05, 4.69) is 0 Å². The van der Waals surface area contributed by atoms with Crippen molar-refractivity contribution in [1.29, 1.82) is 0 Å². The Bertz CT molecular complexity index is 772. The van der Waals surface area contributed by atoms with E-state index >= 15 is 0 Å². The number of benzene rings is 1. The van der Waals surface area contributed by atoms with Gasteiger partial charge in [-0.3, -0.25) is 4.79 Å². The van der Waals surface area contributed by atoms with Gasteiger partial charge in [-0.05, 0) is 32.0 Å². The standard InChI is InChI=1S/C15H19ClN2O6S/c1-9-6-18(7-10(2)24-9)14(19)8-23-15(20)11-3-4-12(16)13(5-11)25(17,21)22/h3-5,9-10H,6-8H2,1-2H3,(H2,17,21,22)/t9-,10+. The number of morpholine rings is 1. The summed E-state index contributed by atoms with van der Waals surface area (Å²) in [5.41, 5.74) is -0.0649. The lowest BCUT2D eigenvalue weighted by molar-refractivity contribution is -0.146. The van der Waals surface area contributed by atoms with Gasteiger partial charge in [-0.1, -0.05) is 11.6 Å². The van der Waals surface area contributed by atoms with Crippen molar-refractivity contribution in [1.82, 2.24) is 4.90 Å². The van der Waals surface area contributed by atoms with Gasteiger partial charge in [0.1, 0.15) is 4.90 Å². The third-order valence-corrected chi connectivity index (χ3v) is 4.96. The molecule has 8 nitrogen and oxygen atoms in total. The van der Waals surface area contributed by atoms with Crippen molar-refractivity contribution in [3.63, 3.8) is 0 Å². The molecule has 0 spiro atoms. The van der Waals surface area contributed by atoms with E-state index < -0.39 is 22.6 Å². The molecule has 0 aromatic heterocycles. The summed E-state index contributed by atoms with van der Waals surface area (Å²) < 4.78 is 33.4. The lowest BCUT2D eigenvalue weighted by Gasteiger charge is -2.35. The molecule has 2 atom stereocenters. The topological polar surface area (TPSA) is 116 Å². The Balaban J connectivity index is 2.02. The van der Waals surface area contributed by atoms with Crippen LogP contribution in [0.3, 0.4) is 0 Å². The number of hydrogen-bond acceptors (Lipinski definition) is 6. The van der Waals surface area contributed by atoms with Crippen molar-refractivity contribution in [3.05, 3.63) is 28.8 Å². The molecule has 1 fully saturated rings. The fraction of sp³-hybridized carbons (Fsp3) is 0.467. The number of ether oxygens (including phenoxy) is 2. The molecule has 1 aliphatic rings. The van der Waals surface area contributed by atoms with Gasteiger partial charge in [0.15, 0.2) is 6.61 Å². The van der Waals surface area contributed by atoms with E-state index in [1.54, 1.807) is 4.90 Å². The number of nitrogens with two attached hydrogens (primary N) is 1. The summed E-state index contributed by atoms with van der Waals surface area (Å²) in [5, 5.41) is 4.93. The second kappa shape index (κ2) is 7.69. The van der Waals surface area contributed by atoms with Crippen molar-refractivity contribution >= 4 is 33.5 Å². The van der Waals surface area contributed by atoms with Gasteiger partial charge < -0.3 is 14.4 Å². The number of esters is 1. The lowest BCUT2D eigenvalue weighted by Crippen LogP contribution is -2.49. The molecule has 0 aliphatic carbocycles. The van der Waals surface area contributed by atoms with Crippen LogP contribution in [0.5, 0.6) is 0 Å². The number of rotatable bonds is 4. The van der Waals surface area contributed by atoms with Crippen molar-refractivity contribution in [2.75, 3.05) is 19.7 Å². The molecular formula is C15H19ClN2O6S. The smallest absolute Gasteiger partial charge is 0.338 e. The Morgan fingerprint density at radius 1 is 1.32 bits per heavy atom. The Labute approximate surface area is 150 Å². The quantitative estimate of drug-likeness (QED) is 0.759. The predicted octanol–water partition coefficient (Wildman–Crippen LogP) is 0.780. The first kappa shape index (κ1) is 19.6. The van der Waals surface area contributed by atoms with Gasteiger partial charge in [0.05, 0.1) is 22.8 Å². The first-order chi connectivity index (χ1) is 11.6. The van der Waals surface area contributed by atoms with Gasteiger partial charge in [0.2, 0.25) is 10.0 Å². The zero-order valence-corrected chi connectivity index (χ0v) is 15.3. The van der Waals surface area contributed by atoms with Crippen LogP contribution >= 0.6 is 11.6 Å². The second-order valence-corrected chi connectivity index (χ2v) is 7.76. The average molecular weight is 391 g/mol. The van der Waals surface area contributed by atoms with Crippen LogP contribution < -0.4 is 5.14 Å². The maximum Gasteiger partial charge on any atom is 0.338 e. The van der Waals surface area contributed by atoms with Crippen LogP contribution in [-0.2, 0) is 24.3 Å². The van der Waals surface area contributed by atoms with E-state index in [1.165, 1.54) is 12.1 Å². The predicted molar refractivity (Wildman–Crippen MR) is 89.7 cm³/mol. The third kappa shape index (κ3) is 5.15. The largest absolute Gasteiger partial charge is 0.452 e. The summed E-state index contributed by atoms with van der Waals surface area (Å²) in [4.78, 5) is 25.4. The monoisotopic (exact) mass is 390 g/mol. The Morgan fingerprint density at radius 2 is 1.92 bits per heavy atom. The van der Waals surface area contributed by atoms with Crippen molar-refractivity contribution in [2.45, 2.75) is 31.0 Å². The Morgan fingerprint density at radius 3 is 2.48 bits per heavy atom. The maximum atomic E-state index is 12.2. The summed E-state index contributed by atoms with van der Waals surface area (Å²) in [6.45, 7) is 4.08. The minimum atomic E-state index is -4.08. The molecule has 0 radical (unpaired) electrons. The minimum absolute atomic E-state index is 0.0649. The minimum Gasteiger partial charge on any atom is -0.452 e. The van der Waals surface area contributed by atoms with E-state index in [4.69, 9.17) is 26.2 Å². The fourth-order valence-corrected chi connectivity index (χ4v) is 3.60. The number of carbonyl (C=O) groups is 2. The third-order valence-electron chi connectivity index (χ3n) is 3.57. The summed E-state index contributed by atoms with van der Waals surface area (Å²) in [7, 11) is -4.08. The molecule has 10 heteroatoms. The zero-order valence-electron chi connectivity index (χ0n) is 13.8. The Kier molecular flexibility index (Phi) is 6.04. The molecule has 138 valence electrons. The van der Waals surface area contributed by atoms with Gasteiger partial charge in [0.25, 0.3) is 5.91 Å². The van der Waals surface area contributed by atoms with Crippen LogP contribution in [-0.4, -0.2) is 57.1 Å². The molecule has 1 aliphatic heterocycles. The van der Waals surface area contributed by atoms with E-state index in [0.29, 0.717) is 13.1 Å². The molecule has 2 rings (SSSR count). The van der Waals surface area contributed by atoms with Crippen LogP contribution in [0.2, 0.25) is 5.02 Å². The summed E-state index contributed by atoms with van der Waals surface area (Å²) in [6.07, 6.45) is -0.200. The van der Waals surface area contributed by atoms with Gasteiger partial charge in [-0.25, -0.2) is 18.4 Å². The number of sulfonamides is 1. The highest BCUT2D eigenvalue weighted by molar-refractivity contribution is 7.89. The first-order valence-corrected chi connectivity index (χ1v) is 9.43. The van der Waals surface area contributed by atoms with E-state index in [9.17, 15) is 18.0 Å². The number of hydrogen-bond donors (Lipinski definition) is 1. The normalized spacial score (nSPS) is 21.0. The summed E-state index contributed by atoms with van der Waals surface area (Å²) >= 11 is 5.76. The lowest BCUT2D eigenvalue weighted by atomic mass is 10.2.